The monoisotopic (exact) mass is 581 g/mol. The van der Waals surface area contributed by atoms with Crippen molar-refractivity contribution in [3.63, 3.8) is 0 Å². The van der Waals surface area contributed by atoms with Gasteiger partial charge in [-0.1, -0.05) is 96.4 Å². The Morgan fingerprint density at radius 2 is 1.83 bits per heavy atom. The van der Waals surface area contributed by atoms with Gasteiger partial charge in [0.1, 0.15) is 17.9 Å². The maximum Gasteiger partial charge on any atom is 0.296 e. The molecule has 10 heteroatoms. The number of aliphatic hydroxyl groups excluding tert-OH is 1. The van der Waals surface area contributed by atoms with Crippen LogP contribution in [0.5, 0.6) is 5.75 Å². The molecule has 2 aromatic heterocycles. The number of furan rings is 1. The van der Waals surface area contributed by atoms with Crippen LogP contribution in [0.4, 0.5) is 5.13 Å². The molecule has 41 heavy (non-hydrogen) atoms. The van der Waals surface area contributed by atoms with Gasteiger partial charge in [0.15, 0.2) is 15.9 Å². The molecule has 0 bridgehead atoms. The number of hydrogen-bond acceptors (Lipinski definition) is 9. The van der Waals surface area contributed by atoms with Crippen LogP contribution in [-0.2, 0) is 10.5 Å². The molecule has 0 fully saturated rings. The molecular formula is C31H23N3O5S2. The molecule has 204 valence electrons. The molecular weight excluding hydrogens is 558 g/mol. The lowest BCUT2D eigenvalue weighted by Crippen LogP contribution is -2.31. The predicted octanol–water partition coefficient (Wildman–Crippen LogP) is 6.92. The second-order valence-electron chi connectivity index (χ2n) is 9.11. The number of aliphatic hydroxyl groups is 1. The Hall–Kier alpha value is -4.67. The molecule has 1 aliphatic heterocycles. The third-order valence-electron chi connectivity index (χ3n) is 6.47. The van der Waals surface area contributed by atoms with Gasteiger partial charge in [0.2, 0.25) is 10.9 Å². The van der Waals surface area contributed by atoms with Gasteiger partial charge < -0.3 is 14.3 Å². The normalized spacial score (nSPS) is 15.1. The number of carbonyl (C=O) groups excluding carboxylic acids is 2. The summed E-state index contributed by atoms with van der Waals surface area (Å²) in [4.78, 5) is 28.7. The van der Waals surface area contributed by atoms with E-state index in [0.29, 0.717) is 33.6 Å². The number of aromatic nitrogens is 2. The van der Waals surface area contributed by atoms with Crippen molar-refractivity contribution in [1.82, 2.24) is 10.2 Å². The summed E-state index contributed by atoms with van der Waals surface area (Å²) in [5, 5.41) is 20.6. The van der Waals surface area contributed by atoms with Crippen LogP contribution >= 0.6 is 23.1 Å². The van der Waals surface area contributed by atoms with Crippen molar-refractivity contribution >= 4 is 50.9 Å². The van der Waals surface area contributed by atoms with Crippen LogP contribution in [0.25, 0.3) is 11.0 Å². The zero-order chi connectivity index (χ0) is 28.3. The smallest absolute Gasteiger partial charge is 0.296 e. The average Bonchev–Trinajstić information content (AvgIpc) is 3.72. The molecule has 0 aliphatic carbocycles. The number of hydrogen-bond donors (Lipinski definition) is 1. The van der Waals surface area contributed by atoms with Crippen molar-refractivity contribution < 1.29 is 23.8 Å². The van der Waals surface area contributed by atoms with Crippen molar-refractivity contribution in [3.05, 3.63) is 126 Å². The highest BCUT2D eigenvalue weighted by molar-refractivity contribution is 8.00. The van der Waals surface area contributed by atoms with E-state index < -0.39 is 23.5 Å². The van der Waals surface area contributed by atoms with E-state index >= 15 is 0 Å². The largest absolute Gasteiger partial charge is 0.503 e. The lowest BCUT2D eigenvalue weighted by atomic mass is 9.95. The SMILES string of the molecule is C=CCOc1ccc([C@H]2C(C(=O)c3cc4ccccc4o3)=C(O)C(=O)N2c2nnc(SCc3ccccc3)s2)cc1. The lowest BCUT2D eigenvalue weighted by Gasteiger charge is -2.24. The van der Waals surface area contributed by atoms with Crippen LogP contribution in [0.3, 0.4) is 0 Å². The Balaban J connectivity index is 1.36. The van der Waals surface area contributed by atoms with Crippen LogP contribution in [0.1, 0.15) is 27.7 Å². The summed E-state index contributed by atoms with van der Waals surface area (Å²) in [6, 6.07) is 24.8. The highest BCUT2D eigenvalue weighted by Gasteiger charge is 2.46. The maximum atomic E-state index is 13.8. The van der Waals surface area contributed by atoms with Crippen LogP contribution in [0, 0.1) is 0 Å². The topological polar surface area (TPSA) is 106 Å². The van der Waals surface area contributed by atoms with Gasteiger partial charge in [0.05, 0.1) is 11.6 Å². The molecule has 1 aliphatic rings. The quantitative estimate of drug-likeness (QED) is 0.0820. The molecule has 3 heterocycles. The van der Waals surface area contributed by atoms with Gasteiger partial charge in [0, 0.05) is 11.1 Å². The van der Waals surface area contributed by atoms with Gasteiger partial charge in [-0.3, -0.25) is 14.5 Å². The van der Waals surface area contributed by atoms with E-state index in [1.54, 1.807) is 48.5 Å². The minimum atomic E-state index is -0.961. The van der Waals surface area contributed by atoms with Gasteiger partial charge in [-0.05, 0) is 35.4 Å². The van der Waals surface area contributed by atoms with Crippen molar-refractivity contribution in [2.45, 2.75) is 16.1 Å². The number of fused-ring (bicyclic) bond motifs is 1. The first kappa shape index (κ1) is 26.5. The first-order chi connectivity index (χ1) is 20.0. The van der Waals surface area contributed by atoms with E-state index in [4.69, 9.17) is 9.15 Å². The van der Waals surface area contributed by atoms with Gasteiger partial charge in [-0.15, -0.1) is 10.2 Å². The number of thioether (sulfide) groups is 1. The Labute approximate surface area is 243 Å². The summed E-state index contributed by atoms with van der Waals surface area (Å²) in [5.74, 6) is -0.681. The zero-order valence-electron chi connectivity index (χ0n) is 21.6. The predicted molar refractivity (Wildman–Crippen MR) is 158 cm³/mol. The third kappa shape index (κ3) is 5.27. The summed E-state index contributed by atoms with van der Waals surface area (Å²) < 4.78 is 12.1. The fourth-order valence-electron chi connectivity index (χ4n) is 4.56. The molecule has 0 spiro atoms. The molecule has 0 radical (unpaired) electrons. The standard InChI is InChI=1S/C31H23N3O5S2/c1-2-16-38-22-14-12-20(13-15-22)26-25(27(35)24-17-21-10-6-7-11-23(21)39-24)28(36)29(37)34(26)30-32-33-31(41-30)40-18-19-8-4-3-5-9-19/h2-15,17,26,36H,1,16,18H2/t26-/m0/s1. The van der Waals surface area contributed by atoms with Crippen molar-refractivity contribution in [2.75, 3.05) is 11.5 Å². The van der Waals surface area contributed by atoms with Gasteiger partial charge in [-0.2, -0.15) is 0 Å². The number of carbonyl (C=O) groups is 2. The second-order valence-corrected chi connectivity index (χ2v) is 11.3. The Morgan fingerprint density at radius 3 is 2.59 bits per heavy atom. The van der Waals surface area contributed by atoms with E-state index in [1.807, 2.05) is 42.5 Å². The number of anilines is 1. The first-order valence-corrected chi connectivity index (χ1v) is 14.5. The summed E-state index contributed by atoms with van der Waals surface area (Å²) in [6.45, 7) is 3.99. The number of para-hydroxylation sites is 1. The molecule has 1 atom stereocenters. The van der Waals surface area contributed by atoms with E-state index in [9.17, 15) is 14.7 Å². The molecule has 1 amide bonds. The number of Topliss-reactive ketones (excluding diaryl/α,β-unsaturated/α-hetero) is 1. The summed E-state index contributed by atoms with van der Waals surface area (Å²) in [7, 11) is 0. The highest BCUT2D eigenvalue weighted by Crippen LogP contribution is 2.44. The van der Waals surface area contributed by atoms with Gasteiger partial charge in [-0.25, -0.2) is 0 Å². The van der Waals surface area contributed by atoms with E-state index in [0.717, 1.165) is 10.9 Å². The molecule has 1 N–H and O–H groups in total. The molecule has 3 aromatic carbocycles. The number of benzene rings is 3. The first-order valence-electron chi connectivity index (χ1n) is 12.7. The van der Waals surface area contributed by atoms with Crippen LogP contribution in [0.2, 0.25) is 0 Å². The molecule has 8 nitrogen and oxygen atoms in total. The fourth-order valence-corrected chi connectivity index (χ4v) is 6.38. The van der Waals surface area contributed by atoms with Crippen molar-refractivity contribution in [3.8, 4) is 5.75 Å². The molecule has 0 saturated heterocycles. The van der Waals surface area contributed by atoms with Gasteiger partial charge in [0.25, 0.3) is 5.91 Å². The van der Waals surface area contributed by atoms with E-state index in [1.165, 1.54) is 28.0 Å². The summed E-state index contributed by atoms with van der Waals surface area (Å²) in [6.07, 6.45) is 1.64. The Morgan fingerprint density at radius 1 is 1.07 bits per heavy atom. The second kappa shape index (κ2) is 11.4. The van der Waals surface area contributed by atoms with E-state index in [2.05, 4.69) is 16.8 Å². The number of ether oxygens (including phenoxy) is 1. The van der Waals surface area contributed by atoms with Crippen molar-refractivity contribution in [2.24, 2.45) is 0 Å². The number of rotatable bonds is 10. The Kier molecular flexibility index (Phi) is 7.41. The van der Waals surface area contributed by atoms with Crippen LogP contribution < -0.4 is 9.64 Å². The number of amides is 1. The summed E-state index contributed by atoms with van der Waals surface area (Å²) in [5.41, 5.74) is 2.15. The fraction of sp³-hybridized carbons (Fsp3) is 0.0968. The zero-order valence-corrected chi connectivity index (χ0v) is 23.2. The molecule has 6 rings (SSSR count). The lowest BCUT2D eigenvalue weighted by molar-refractivity contribution is -0.117. The third-order valence-corrected chi connectivity index (χ3v) is 8.60. The molecule has 0 unspecified atom stereocenters. The Bertz CT molecular complexity index is 1740. The van der Waals surface area contributed by atoms with Crippen LogP contribution in [-0.4, -0.2) is 33.6 Å². The molecule has 0 saturated carbocycles. The number of nitrogens with zero attached hydrogens (tertiary/aromatic N) is 3. The van der Waals surface area contributed by atoms with Gasteiger partial charge >= 0.3 is 0 Å². The maximum absolute atomic E-state index is 13.8. The highest BCUT2D eigenvalue weighted by atomic mass is 32.2. The average molecular weight is 582 g/mol. The minimum Gasteiger partial charge on any atom is -0.503 e. The van der Waals surface area contributed by atoms with Crippen LogP contribution in [0.15, 0.2) is 118 Å². The van der Waals surface area contributed by atoms with Crippen molar-refractivity contribution in [1.29, 1.82) is 0 Å². The molecule has 5 aromatic rings. The number of ketones is 1. The van der Waals surface area contributed by atoms with E-state index in [-0.39, 0.29) is 16.5 Å². The minimum absolute atomic E-state index is 0.0229. The summed E-state index contributed by atoms with van der Waals surface area (Å²) >= 11 is 2.71.